The second-order valence-electron chi connectivity index (χ2n) is 7.85. The first-order chi connectivity index (χ1) is 15.3. The van der Waals surface area contributed by atoms with Crippen molar-refractivity contribution >= 4 is 29.1 Å². The number of piperidine rings is 1. The number of esters is 1. The van der Waals surface area contributed by atoms with Gasteiger partial charge in [-0.2, -0.15) is 0 Å². The Balaban J connectivity index is 1.65. The third-order valence-electron chi connectivity index (χ3n) is 5.92. The van der Waals surface area contributed by atoms with Crippen LogP contribution in [0.4, 0.5) is 5.69 Å². The van der Waals surface area contributed by atoms with Gasteiger partial charge in [0.15, 0.2) is 12.4 Å². The Hall–Kier alpha value is -3.88. The molecule has 32 heavy (non-hydrogen) atoms. The minimum Gasteiger partial charge on any atom is -0.452 e. The number of rotatable bonds is 4. The quantitative estimate of drug-likeness (QED) is 0.350. The van der Waals surface area contributed by atoms with Crippen LogP contribution in [0.2, 0.25) is 0 Å². The molecule has 1 heterocycles. The van der Waals surface area contributed by atoms with Crippen LogP contribution >= 0.6 is 0 Å². The van der Waals surface area contributed by atoms with Crippen molar-refractivity contribution in [2.75, 3.05) is 13.2 Å². The average Bonchev–Trinajstić information content (AvgIpc) is 2.80. The van der Waals surface area contributed by atoms with E-state index >= 15 is 0 Å². The summed E-state index contributed by atoms with van der Waals surface area (Å²) in [4.78, 5) is 63.5. The van der Waals surface area contributed by atoms with Crippen molar-refractivity contribution in [3.63, 3.8) is 0 Å². The van der Waals surface area contributed by atoms with Crippen molar-refractivity contribution in [3.8, 4) is 0 Å². The Kier molecular flexibility index (Phi) is 5.56. The Morgan fingerprint density at radius 1 is 1.06 bits per heavy atom. The van der Waals surface area contributed by atoms with Gasteiger partial charge in [-0.05, 0) is 38.3 Å². The summed E-state index contributed by atoms with van der Waals surface area (Å²) < 4.78 is 5.07. The first-order valence-corrected chi connectivity index (χ1v) is 10.3. The maximum atomic E-state index is 13.0. The summed E-state index contributed by atoms with van der Waals surface area (Å²) in [6.45, 7) is 1.91. The second-order valence-corrected chi connectivity index (χ2v) is 7.85. The number of nitro benzene ring substituents is 1. The monoisotopic (exact) mass is 436 g/mol. The van der Waals surface area contributed by atoms with Crippen LogP contribution in [-0.4, -0.2) is 52.5 Å². The zero-order valence-corrected chi connectivity index (χ0v) is 17.3. The Morgan fingerprint density at radius 3 is 2.41 bits per heavy atom. The fourth-order valence-corrected chi connectivity index (χ4v) is 4.28. The van der Waals surface area contributed by atoms with Crippen LogP contribution in [-0.2, 0) is 9.53 Å². The molecule has 1 atom stereocenters. The van der Waals surface area contributed by atoms with Gasteiger partial charge in [0.2, 0.25) is 5.78 Å². The molecule has 164 valence electrons. The number of nitrogens with zero attached hydrogens (tertiary/aromatic N) is 2. The van der Waals surface area contributed by atoms with Crippen LogP contribution in [0.25, 0.3) is 0 Å². The molecule has 1 aliphatic heterocycles. The molecule has 0 saturated carbocycles. The fraction of sp³-hybridized carbons (Fsp3) is 0.304. The van der Waals surface area contributed by atoms with E-state index in [0.29, 0.717) is 6.54 Å². The number of hydrogen-bond acceptors (Lipinski definition) is 7. The number of ketones is 2. The van der Waals surface area contributed by atoms with E-state index in [-0.39, 0.29) is 28.6 Å². The molecular formula is C23H20N2O7. The number of nitro groups is 1. The summed E-state index contributed by atoms with van der Waals surface area (Å²) in [6.07, 6.45) is 2.73. The van der Waals surface area contributed by atoms with Gasteiger partial charge in [-0.1, -0.05) is 24.3 Å². The number of benzene rings is 2. The molecule has 0 spiro atoms. The Bertz CT molecular complexity index is 1170. The lowest BCUT2D eigenvalue weighted by molar-refractivity contribution is -0.385. The highest BCUT2D eigenvalue weighted by atomic mass is 16.6. The third kappa shape index (κ3) is 3.55. The lowest BCUT2D eigenvalue weighted by Gasteiger charge is -2.33. The molecule has 0 aromatic heterocycles. The number of amides is 1. The first-order valence-electron chi connectivity index (χ1n) is 10.3. The van der Waals surface area contributed by atoms with Crippen LogP contribution in [0.15, 0.2) is 36.4 Å². The van der Waals surface area contributed by atoms with E-state index in [2.05, 4.69) is 0 Å². The molecule has 9 heteroatoms. The molecule has 1 amide bonds. The average molecular weight is 436 g/mol. The van der Waals surface area contributed by atoms with Gasteiger partial charge >= 0.3 is 5.97 Å². The van der Waals surface area contributed by atoms with Crippen molar-refractivity contribution in [1.82, 2.24) is 4.90 Å². The molecule has 1 aliphatic carbocycles. The molecule has 2 aromatic carbocycles. The van der Waals surface area contributed by atoms with Crippen LogP contribution in [0.1, 0.15) is 68.4 Å². The highest BCUT2D eigenvalue weighted by Gasteiger charge is 2.39. The Labute approximate surface area is 183 Å². The summed E-state index contributed by atoms with van der Waals surface area (Å²) in [6, 6.07) is 8.35. The van der Waals surface area contributed by atoms with E-state index in [0.717, 1.165) is 25.3 Å². The van der Waals surface area contributed by atoms with Crippen molar-refractivity contribution in [1.29, 1.82) is 0 Å². The van der Waals surface area contributed by atoms with Gasteiger partial charge in [0.25, 0.3) is 11.6 Å². The van der Waals surface area contributed by atoms with E-state index in [1.807, 2.05) is 6.92 Å². The summed E-state index contributed by atoms with van der Waals surface area (Å²) >= 11 is 0. The molecule has 0 radical (unpaired) electrons. The van der Waals surface area contributed by atoms with E-state index < -0.39 is 45.9 Å². The number of carbonyl (C=O) groups is 4. The van der Waals surface area contributed by atoms with Gasteiger partial charge in [-0.25, -0.2) is 4.79 Å². The van der Waals surface area contributed by atoms with E-state index in [1.54, 1.807) is 17.0 Å². The van der Waals surface area contributed by atoms with Crippen molar-refractivity contribution < 1.29 is 28.8 Å². The molecule has 1 saturated heterocycles. The van der Waals surface area contributed by atoms with Gasteiger partial charge in [0.05, 0.1) is 4.92 Å². The highest BCUT2D eigenvalue weighted by Crippen LogP contribution is 2.35. The molecule has 0 N–H and O–H groups in total. The van der Waals surface area contributed by atoms with Crippen molar-refractivity contribution in [3.05, 3.63) is 74.3 Å². The normalized spacial score (nSPS) is 17.4. The summed E-state index contributed by atoms with van der Waals surface area (Å²) in [5, 5.41) is 11.8. The minimum absolute atomic E-state index is 0.0248. The van der Waals surface area contributed by atoms with Crippen LogP contribution in [0, 0.1) is 10.1 Å². The molecule has 1 fully saturated rings. The summed E-state index contributed by atoms with van der Waals surface area (Å²) in [5.41, 5.74) is -1.67. The SMILES string of the molecule is CC1CCCCN1C(=O)COC(=O)c1ccc2c(c1[N+](=O)[O-])C(=O)c1ccccc1C2=O. The second kappa shape index (κ2) is 8.33. The molecule has 9 nitrogen and oxygen atoms in total. The fourth-order valence-electron chi connectivity index (χ4n) is 4.28. The molecule has 2 aromatic rings. The molecule has 4 rings (SSSR count). The predicted molar refractivity (Wildman–Crippen MR) is 112 cm³/mol. The van der Waals surface area contributed by atoms with Crippen LogP contribution in [0.5, 0.6) is 0 Å². The smallest absolute Gasteiger partial charge is 0.345 e. The standard InChI is InChI=1S/C23H20N2O7/c1-13-6-4-5-11-24(13)18(26)12-32-23(29)17-10-9-16-19(20(17)25(30)31)22(28)15-8-3-2-7-14(15)21(16)27/h2-3,7-10,13H,4-6,11-12H2,1H3. The highest BCUT2D eigenvalue weighted by molar-refractivity contribution is 6.30. The number of fused-ring (bicyclic) bond motifs is 2. The van der Waals surface area contributed by atoms with Crippen LogP contribution < -0.4 is 0 Å². The lowest BCUT2D eigenvalue weighted by atomic mass is 9.82. The summed E-state index contributed by atoms with van der Waals surface area (Å²) in [7, 11) is 0. The number of likely N-dealkylation sites (tertiary alicyclic amines) is 1. The van der Waals surface area contributed by atoms with Gasteiger partial charge in [0, 0.05) is 29.3 Å². The van der Waals surface area contributed by atoms with Gasteiger partial charge in [0.1, 0.15) is 11.1 Å². The molecular weight excluding hydrogens is 416 g/mol. The maximum Gasteiger partial charge on any atom is 0.345 e. The van der Waals surface area contributed by atoms with Crippen molar-refractivity contribution in [2.24, 2.45) is 0 Å². The third-order valence-corrected chi connectivity index (χ3v) is 5.92. The zero-order chi connectivity index (χ0) is 23.0. The van der Waals surface area contributed by atoms with Gasteiger partial charge < -0.3 is 9.64 Å². The first kappa shape index (κ1) is 21.4. The van der Waals surface area contributed by atoms with Gasteiger partial charge in [-0.15, -0.1) is 0 Å². The van der Waals surface area contributed by atoms with Crippen molar-refractivity contribution in [2.45, 2.75) is 32.2 Å². The van der Waals surface area contributed by atoms with Gasteiger partial charge in [-0.3, -0.25) is 24.5 Å². The minimum atomic E-state index is -1.10. The van der Waals surface area contributed by atoms with E-state index in [9.17, 15) is 29.3 Å². The summed E-state index contributed by atoms with van der Waals surface area (Å²) in [5.74, 6) is -2.73. The molecule has 2 aliphatic rings. The molecule has 0 bridgehead atoms. The number of ether oxygens (including phenoxy) is 1. The largest absolute Gasteiger partial charge is 0.452 e. The molecule has 1 unspecified atom stereocenters. The van der Waals surface area contributed by atoms with E-state index in [4.69, 9.17) is 4.74 Å². The predicted octanol–water partition coefficient (Wildman–Crippen LogP) is 2.93. The maximum absolute atomic E-state index is 13.0. The number of carbonyl (C=O) groups excluding carboxylic acids is 4. The number of hydrogen-bond donors (Lipinski definition) is 0. The Morgan fingerprint density at radius 2 is 1.75 bits per heavy atom. The van der Waals surface area contributed by atoms with E-state index in [1.165, 1.54) is 18.2 Å². The van der Waals surface area contributed by atoms with Crippen LogP contribution in [0.3, 0.4) is 0 Å². The zero-order valence-electron chi connectivity index (χ0n) is 17.3. The lowest BCUT2D eigenvalue weighted by Crippen LogP contribution is -2.44. The topological polar surface area (TPSA) is 124 Å².